The molecule has 1 aliphatic carbocycles. The zero-order chi connectivity index (χ0) is 19.9. The van der Waals surface area contributed by atoms with E-state index in [4.69, 9.17) is 4.74 Å². The average Bonchev–Trinajstić information content (AvgIpc) is 2.64. The third-order valence-corrected chi connectivity index (χ3v) is 4.97. The highest BCUT2D eigenvalue weighted by atomic mass is 16.5. The number of aromatic hydroxyl groups is 2. The highest BCUT2D eigenvalue weighted by Gasteiger charge is 2.37. The number of ketones is 3. The van der Waals surface area contributed by atoms with Gasteiger partial charge in [0.25, 0.3) is 0 Å². The highest BCUT2D eigenvalue weighted by molar-refractivity contribution is 6.31. The predicted molar refractivity (Wildman–Crippen MR) is 98.0 cm³/mol. The summed E-state index contributed by atoms with van der Waals surface area (Å²) >= 11 is 0. The average molecular weight is 368 g/mol. The van der Waals surface area contributed by atoms with Crippen LogP contribution >= 0.6 is 0 Å². The van der Waals surface area contributed by atoms with Gasteiger partial charge in [0.2, 0.25) is 5.78 Å². The van der Waals surface area contributed by atoms with E-state index >= 15 is 0 Å². The summed E-state index contributed by atoms with van der Waals surface area (Å²) in [6.45, 7) is 3.48. The van der Waals surface area contributed by atoms with Gasteiger partial charge in [-0.05, 0) is 42.7 Å². The van der Waals surface area contributed by atoms with E-state index in [0.717, 1.165) is 0 Å². The van der Waals surface area contributed by atoms with Crippen LogP contribution in [0.1, 0.15) is 62.7 Å². The number of benzene rings is 2. The summed E-state index contributed by atoms with van der Waals surface area (Å²) < 4.78 is 5.18. The number of carbonyl (C=O) groups is 3. The number of carbonyl (C=O) groups excluding carboxylic acids is 3. The van der Waals surface area contributed by atoms with Crippen LogP contribution in [0.2, 0.25) is 0 Å². The first-order valence-corrected chi connectivity index (χ1v) is 8.68. The lowest BCUT2D eigenvalue weighted by Gasteiger charge is -2.23. The van der Waals surface area contributed by atoms with Gasteiger partial charge in [0.1, 0.15) is 23.0 Å². The second-order valence-electron chi connectivity index (χ2n) is 6.53. The van der Waals surface area contributed by atoms with Gasteiger partial charge in [0, 0.05) is 18.4 Å². The van der Waals surface area contributed by atoms with Crippen LogP contribution < -0.4 is 4.74 Å². The van der Waals surface area contributed by atoms with Gasteiger partial charge in [-0.1, -0.05) is 6.92 Å². The second kappa shape index (κ2) is 6.87. The van der Waals surface area contributed by atoms with Crippen LogP contribution in [0.5, 0.6) is 17.2 Å². The van der Waals surface area contributed by atoms with Crippen molar-refractivity contribution in [2.24, 2.45) is 0 Å². The summed E-state index contributed by atoms with van der Waals surface area (Å²) in [5, 5.41) is 20.9. The zero-order valence-corrected chi connectivity index (χ0v) is 15.4. The minimum Gasteiger partial charge on any atom is -0.507 e. The number of rotatable bonds is 5. The number of methoxy groups -OCH3 is 1. The van der Waals surface area contributed by atoms with Crippen LogP contribution in [-0.2, 0) is 11.2 Å². The molecule has 0 radical (unpaired) electrons. The van der Waals surface area contributed by atoms with Crippen molar-refractivity contribution >= 4 is 17.3 Å². The van der Waals surface area contributed by atoms with E-state index in [1.807, 2.05) is 0 Å². The summed E-state index contributed by atoms with van der Waals surface area (Å²) in [6, 6.07) is 4.25. The molecule has 0 atom stereocenters. The Kier molecular flexibility index (Phi) is 4.74. The molecule has 0 spiro atoms. The molecule has 140 valence electrons. The van der Waals surface area contributed by atoms with Crippen molar-refractivity contribution < 1.29 is 29.3 Å². The van der Waals surface area contributed by atoms with Crippen molar-refractivity contribution in [1.82, 2.24) is 0 Å². The fourth-order valence-corrected chi connectivity index (χ4v) is 3.46. The fourth-order valence-electron chi connectivity index (χ4n) is 3.46. The Hall–Kier alpha value is -3.15. The summed E-state index contributed by atoms with van der Waals surface area (Å²) in [6.07, 6.45) is 0.904. The van der Waals surface area contributed by atoms with E-state index in [0.29, 0.717) is 17.5 Å². The van der Waals surface area contributed by atoms with E-state index in [1.165, 1.54) is 19.2 Å². The first-order chi connectivity index (χ1) is 12.8. The molecule has 0 saturated carbocycles. The topological polar surface area (TPSA) is 101 Å². The van der Waals surface area contributed by atoms with Gasteiger partial charge in [-0.25, -0.2) is 0 Å². The third-order valence-electron chi connectivity index (χ3n) is 4.97. The minimum atomic E-state index is -0.642. The second-order valence-corrected chi connectivity index (χ2v) is 6.53. The number of Topliss-reactive ketones (excluding diaryl/α,β-unsaturated/α-hetero) is 1. The number of hydrogen-bond acceptors (Lipinski definition) is 6. The number of hydrogen-bond donors (Lipinski definition) is 2. The van der Waals surface area contributed by atoms with Crippen LogP contribution in [0.3, 0.4) is 0 Å². The molecular formula is C21H20O6. The number of phenolic OH excluding ortho intramolecular Hbond substituents is 2. The van der Waals surface area contributed by atoms with Gasteiger partial charge in [-0.2, -0.15) is 0 Å². The summed E-state index contributed by atoms with van der Waals surface area (Å²) in [4.78, 5) is 37.7. The Morgan fingerprint density at radius 3 is 2.41 bits per heavy atom. The number of fused-ring (bicyclic) bond motifs is 2. The quantitative estimate of drug-likeness (QED) is 0.718. The highest BCUT2D eigenvalue weighted by Crippen LogP contribution is 2.42. The Labute approximate surface area is 156 Å². The van der Waals surface area contributed by atoms with Crippen molar-refractivity contribution in [2.45, 2.75) is 33.1 Å². The van der Waals surface area contributed by atoms with Crippen molar-refractivity contribution in [1.29, 1.82) is 0 Å². The van der Waals surface area contributed by atoms with E-state index in [1.54, 1.807) is 19.9 Å². The molecule has 2 N–H and O–H groups in total. The lowest BCUT2D eigenvalue weighted by molar-refractivity contribution is -0.118. The van der Waals surface area contributed by atoms with Gasteiger partial charge in [-0.3, -0.25) is 14.4 Å². The number of aryl methyl sites for hydroxylation is 1. The molecule has 0 heterocycles. The summed E-state index contributed by atoms with van der Waals surface area (Å²) in [7, 11) is 1.37. The standard InChI is InChI=1S/C21H20O6/c1-4-11(22)5-6-12-10(2)9-13-16(19(12)24)21(26)17-14(23)7-8-15(27-3)18(17)20(13)25/h7-9,23-24H,4-6H2,1-3H3. The number of phenols is 2. The molecule has 0 saturated heterocycles. The Morgan fingerprint density at radius 1 is 1.07 bits per heavy atom. The van der Waals surface area contributed by atoms with Crippen LogP contribution in [0.15, 0.2) is 18.2 Å². The summed E-state index contributed by atoms with van der Waals surface area (Å²) in [5.41, 5.74) is 0.822. The van der Waals surface area contributed by atoms with Gasteiger partial charge >= 0.3 is 0 Å². The van der Waals surface area contributed by atoms with E-state index in [9.17, 15) is 24.6 Å². The molecule has 0 unspecified atom stereocenters. The first kappa shape index (κ1) is 18.6. The maximum absolute atomic E-state index is 13.0. The Balaban J connectivity index is 2.20. The normalized spacial score (nSPS) is 12.6. The van der Waals surface area contributed by atoms with Gasteiger partial charge in [0.15, 0.2) is 5.78 Å². The van der Waals surface area contributed by atoms with Crippen molar-refractivity contribution in [3.05, 3.63) is 51.6 Å². The molecule has 6 nitrogen and oxygen atoms in total. The molecule has 0 aromatic heterocycles. The molecule has 3 rings (SSSR count). The van der Waals surface area contributed by atoms with Crippen molar-refractivity contribution in [3.63, 3.8) is 0 Å². The van der Waals surface area contributed by atoms with Crippen molar-refractivity contribution in [2.75, 3.05) is 7.11 Å². The Bertz CT molecular complexity index is 987. The molecule has 0 amide bonds. The van der Waals surface area contributed by atoms with E-state index < -0.39 is 11.6 Å². The molecule has 6 heteroatoms. The SMILES string of the molecule is CCC(=O)CCc1c(C)cc2c(c1O)C(=O)c1c(O)ccc(OC)c1C2=O. The Morgan fingerprint density at radius 2 is 1.78 bits per heavy atom. The molecule has 0 aliphatic heterocycles. The van der Waals surface area contributed by atoms with E-state index in [2.05, 4.69) is 0 Å². The predicted octanol–water partition coefficient (Wildman–Crippen LogP) is 3.10. The lowest BCUT2D eigenvalue weighted by atomic mass is 9.80. The van der Waals surface area contributed by atoms with Gasteiger partial charge in [0.05, 0.1) is 23.8 Å². The van der Waals surface area contributed by atoms with Crippen LogP contribution in [0, 0.1) is 6.92 Å². The van der Waals surface area contributed by atoms with E-state index in [-0.39, 0.29) is 58.1 Å². The minimum absolute atomic E-state index is 0.0114. The smallest absolute Gasteiger partial charge is 0.202 e. The van der Waals surface area contributed by atoms with Gasteiger partial charge < -0.3 is 14.9 Å². The van der Waals surface area contributed by atoms with Crippen LogP contribution in [0.4, 0.5) is 0 Å². The maximum atomic E-state index is 13.0. The molecule has 2 aromatic carbocycles. The molecule has 1 aliphatic rings. The zero-order valence-electron chi connectivity index (χ0n) is 15.4. The molecular weight excluding hydrogens is 348 g/mol. The van der Waals surface area contributed by atoms with Crippen LogP contribution in [-0.4, -0.2) is 34.7 Å². The molecule has 0 fully saturated rings. The summed E-state index contributed by atoms with van der Waals surface area (Å²) in [5.74, 6) is -1.57. The first-order valence-electron chi connectivity index (χ1n) is 8.68. The number of ether oxygens (including phenoxy) is 1. The molecule has 2 aromatic rings. The molecule has 0 bridgehead atoms. The van der Waals surface area contributed by atoms with Crippen molar-refractivity contribution in [3.8, 4) is 17.2 Å². The van der Waals surface area contributed by atoms with Gasteiger partial charge in [-0.15, -0.1) is 0 Å². The fraction of sp³-hybridized carbons (Fsp3) is 0.286. The monoisotopic (exact) mass is 368 g/mol. The third kappa shape index (κ3) is 2.87. The van der Waals surface area contributed by atoms with Crippen LogP contribution in [0.25, 0.3) is 0 Å². The largest absolute Gasteiger partial charge is 0.507 e. The molecule has 27 heavy (non-hydrogen) atoms. The lowest BCUT2D eigenvalue weighted by Crippen LogP contribution is -2.23. The maximum Gasteiger partial charge on any atom is 0.202 e.